The van der Waals surface area contributed by atoms with E-state index in [2.05, 4.69) is 5.32 Å². The Kier molecular flexibility index (Phi) is 6.94. The molecule has 1 aromatic carbocycles. The monoisotopic (exact) mass is 405 g/mol. The van der Waals surface area contributed by atoms with Crippen molar-refractivity contribution in [3.8, 4) is 0 Å². The summed E-state index contributed by atoms with van der Waals surface area (Å²) in [6.07, 6.45) is -0.624. The molecule has 0 spiro atoms. The Morgan fingerprint density at radius 2 is 1.86 bits per heavy atom. The Balaban J connectivity index is 2.48. The number of amides is 1. The van der Waals surface area contributed by atoms with Crippen LogP contribution in [0.4, 0.5) is 4.79 Å². The third kappa shape index (κ3) is 7.31. The molecule has 116 valence electrons. The summed E-state index contributed by atoms with van der Waals surface area (Å²) in [6.45, 7) is 5.47. The number of benzene rings is 1. The predicted molar refractivity (Wildman–Crippen MR) is 88.3 cm³/mol. The van der Waals surface area contributed by atoms with Crippen LogP contribution < -0.4 is 5.32 Å². The fourth-order valence-electron chi connectivity index (χ4n) is 1.44. The molecule has 0 unspecified atom stereocenters. The molecule has 0 saturated carbocycles. The Hall–Kier alpha value is -1.31. The molecular formula is C15H20INO4. The molecule has 0 heterocycles. The first-order valence-corrected chi connectivity index (χ1v) is 8.10. The lowest BCUT2D eigenvalue weighted by molar-refractivity contribution is -0.146. The Bertz CT molecular complexity index is 470. The number of hydrogen-bond donors (Lipinski definition) is 1. The van der Waals surface area contributed by atoms with E-state index in [1.165, 1.54) is 0 Å². The first kappa shape index (κ1) is 17.7. The normalized spacial score (nSPS) is 12.4. The van der Waals surface area contributed by atoms with Gasteiger partial charge in [0.1, 0.15) is 18.2 Å². The summed E-state index contributed by atoms with van der Waals surface area (Å²) < 4.78 is 10.7. The van der Waals surface area contributed by atoms with Gasteiger partial charge in [-0.25, -0.2) is 9.59 Å². The molecule has 1 atom stereocenters. The van der Waals surface area contributed by atoms with Gasteiger partial charge in [0.15, 0.2) is 0 Å². The molecule has 0 saturated heterocycles. The lowest BCUT2D eigenvalue weighted by atomic mass is 10.2. The summed E-state index contributed by atoms with van der Waals surface area (Å²) >= 11 is 2.02. The number of hydrogen-bond acceptors (Lipinski definition) is 4. The molecule has 0 aliphatic heterocycles. The smallest absolute Gasteiger partial charge is 0.408 e. The number of halogens is 1. The first-order valence-electron chi connectivity index (χ1n) is 6.58. The van der Waals surface area contributed by atoms with Crippen LogP contribution in [0.1, 0.15) is 26.3 Å². The number of alkyl carbamates (subject to hydrolysis) is 1. The standard InChI is InChI=1S/C15H20INO4/c1-15(2,3)21-14(19)17-12(9-16)13(18)20-10-11-7-5-4-6-8-11/h4-8,12H,9-10H2,1-3H3,(H,17,19)/t12-/m1/s1. The van der Waals surface area contributed by atoms with E-state index in [0.29, 0.717) is 4.43 Å². The van der Waals surface area contributed by atoms with Gasteiger partial charge in [0.05, 0.1) is 0 Å². The van der Waals surface area contributed by atoms with Crippen molar-refractivity contribution in [1.29, 1.82) is 0 Å². The van der Waals surface area contributed by atoms with E-state index in [9.17, 15) is 9.59 Å². The summed E-state index contributed by atoms with van der Waals surface area (Å²) in [5.74, 6) is -0.473. The van der Waals surface area contributed by atoms with Crippen molar-refractivity contribution in [1.82, 2.24) is 5.32 Å². The van der Waals surface area contributed by atoms with Gasteiger partial charge in [-0.3, -0.25) is 0 Å². The number of nitrogens with one attached hydrogen (secondary N) is 1. The van der Waals surface area contributed by atoms with Gasteiger partial charge in [-0.2, -0.15) is 0 Å². The maximum absolute atomic E-state index is 12.0. The van der Waals surface area contributed by atoms with E-state index in [1.54, 1.807) is 20.8 Å². The number of esters is 1. The molecule has 1 N–H and O–H groups in total. The Morgan fingerprint density at radius 3 is 2.38 bits per heavy atom. The van der Waals surface area contributed by atoms with E-state index >= 15 is 0 Å². The van der Waals surface area contributed by atoms with Crippen molar-refractivity contribution in [3.63, 3.8) is 0 Å². The zero-order valence-corrected chi connectivity index (χ0v) is 14.5. The van der Waals surface area contributed by atoms with Crippen LogP contribution in [0.15, 0.2) is 30.3 Å². The lowest BCUT2D eigenvalue weighted by Crippen LogP contribution is -2.45. The minimum absolute atomic E-state index is 0.183. The van der Waals surface area contributed by atoms with Crippen LogP contribution in [0.25, 0.3) is 0 Å². The van der Waals surface area contributed by atoms with Crippen molar-refractivity contribution < 1.29 is 19.1 Å². The summed E-state index contributed by atoms with van der Waals surface area (Å²) in [5, 5.41) is 2.52. The predicted octanol–water partition coefficient (Wildman–Crippen LogP) is 3.06. The average Bonchev–Trinajstić information content (AvgIpc) is 2.41. The van der Waals surface area contributed by atoms with Crippen LogP contribution in [0.5, 0.6) is 0 Å². The van der Waals surface area contributed by atoms with Crippen molar-refractivity contribution in [2.75, 3.05) is 4.43 Å². The molecule has 0 aliphatic rings. The zero-order chi connectivity index (χ0) is 15.9. The third-order valence-corrected chi connectivity index (χ3v) is 3.23. The SMILES string of the molecule is CC(C)(C)OC(=O)N[C@H](CI)C(=O)OCc1ccccc1. The minimum atomic E-state index is -0.718. The topological polar surface area (TPSA) is 64.6 Å². The minimum Gasteiger partial charge on any atom is -0.459 e. The van der Waals surface area contributed by atoms with Gasteiger partial charge in [-0.15, -0.1) is 0 Å². The van der Waals surface area contributed by atoms with E-state index in [4.69, 9.17) is 9.47 Å². The Labute approximate surface area is 138 Å². The van der Waals surface area contributed by atoms with E-state index in [1.807, 2.05) is 52.9 Å². The molecule has 6 heteroatoms. The van der Waals surface area contributed by atoms with Gasteiger partial charge in [-0.1, -0.05) is 52.9 Å². The van der Waals surface area contributed by atoms with Crippen LogP contribution >= 0.6 is 22.6 Å². The molecule has 21 heavy (non-hydrogen) atoms. The molecule has 1 rings (SSSR count). The van der Waals surface area contributed by atoms with Gasteiger partial charge >= 0.3 is 12.1 Å². The van der Waals surface area contributed by atoms with Gasteiger partial charge < -0.3 is 14.8 Å². The maximum Gasteiger partial charge on any atom is 0.408 e. The van der Waals surface area contributed by atoms with E-state index in [-0.39, 0.29) is 6.61 Å². The number of alkyl halides is 1. The van der Waals surface area contributed by atoms with Crippen LogP contribution in [0, 0.1) is 0 Å². The third-order valence-electron chi connectivity index (χ3n) is 2.35. The fraction of sp³-hybridized carbons (Fsp3) is 0.467. The highest BCUT2D eigenvalue weighted by molar-refractivity contribution is 14.1. The average molecular weight is 405 g/mol. The second kappa shape index (κ2) is 8.21. The first-order chi connectivity index (χ1) is 9.81. The Morgan fingerprint density at radius 1 is 1.24 bits per heavy atom. The molecule has 0 aliphatic carbocycles. The molecule has 5 nitrogen and oxygen atoms in total. The summed E-state index contributed by atoms with van der Waals surface area (Å²) in [7, 11) is 0. The van der Waals surface area contributed by atoms with Crippen LogP contribution in [0.3, 0.4) is 0 Å². The number of carbonyl (C=O) groups is 2. The molecule has 0 radical (unpaired) electrons. The summed E-state index contributed by atoms with van der Waals surface area (Å²) in [4.78, 5) is 23.6. The van der Waals surface area contributed by atoms with E-state index < -0.39 is 23.7 Å². The highest BCUT2D eigenvalue weighted by Gasteiger charge is 2.24. The van der Waals surface area contributed by atoms with Gasteiger partial charge in [-0.05, 0) is 26.3 Å². The maximum atomic E-state index is 12.0. The second-order valence-corrected chi connectivity index (χ2v) is 6.33. The molecule has 1 aromatic rings. The second-order valence-electron chi connectivity index (χ2n) is 5.45. The lowest BCUT2D eigenvalue weighted by Gasteiger charge is -2.22. The van der Waals surface area contributed by atoms with Gasteiger partial charge in [0.2, 0.25) is 0 Å². The largest absolute Gasteiger partial charge is 0.459 e. The van der Waals surface area contributed by atoms with Gasteiger partial charge in [0.25, 0.3) is 0 Å². The van der Waals surface area contributed by atoms with Crippen molar-refractivity contribution in [3.05, 3.63) is 35.9 Å². The quantitative estimate of drug-likeness (QED) is 0.465. The molecule has 0 fully saturated rings. The molecule has 0 aromatic heterocycles. The van der Waals surface area contributed by atoms with Gasteiger partial charge in [0, 0.05) is 4.43 Å². The van der Waals surface area contributed by atoms with E-state index in [0.717, 1.165) is 5.56 Å². The highest BCUT2D eigenvalue weighted by Crippen LogP contribution is 2.08. The van der Waals surface area contributed by atoms with Crippen molar-refractivity contribution in [2.24, 2.45) is 0 Å². The zero-order valence-electron chi connectivity index (χ0n) is 12.4. The fourth-order valence-corrected chi connectivity index (χ4v) is 2.02. The van der Waals surface area contributed by atoms with Crippen LogP contribution in [-0.4, -0.2) is 28.1 Å². The summed E-state index contributed by atoms with van der Waals surface area (Å²) in [5.41, 5.74) is 0.295. The van der Waals surface area contributed by atoms with Crippen molar-refractivity contribution >= 4 is 34.7 Å². The van der Waals surface area contributed by atoms with Crippen LogP contribution in [-0.2, 0) is 20.9 Å². The number of rotatable bonds is 5. The highest BCUT2D eigenvalue weighted by atomic mass is 127. The molecular weight excluding hydrogens is 385 g/mol. The number of carbonyl (C=O) groups excluding carboxylic acids is 2. The molecule has 1 amide bonds. The van der Waals surface area contributed by atoms with Crippen molar-refractivity contribution in [2.45, 2.75) is 39.0 Å². The number of ether oxygens (including phenoxy) is 2. The molecule has 0 bridgehead atoms. The summed E-state index contributed by atoms with van der Waals surface area (Å²) in [6, 6.07) is 8.66. The van der Waals surface area contributed by atoms with Crippen LogP contribution in [0.2, 0.25) is 0 Å².